The lowest BCUT2D eigenvalue weighted by Gasteiger charge is -2.04. The first-order valence-corrected chi connectivity index (χ1v) is 4.81. The zero-order chi connectivity index (χ0) is 11.2. The van der Waals surface area contributed by atoms with Gasteiger partial charge >= 0.3 is 0 Å². The van der Waals surface area contributed by atoms with Gasteiger partial charge in [0.25, 0.3) is 0 Å². The zero-order valence-electron chi connectivity index (χ0n) is 8.58. The first kappa shape index (κ1) is 10.2. The third kappa shape index (κ3) is 2.57. The van der Waals surface area contributed by atoms with Crippen LogP contribution in [0.1, 0.15) is 5.56 Å². The Kier molecular flexibility index (Phi) is 3.13. The van der Waals surface area contributed by atoms with Crippen molar-refractivity contribution in [2.75, 3.05) is 0 Å². The normalized spacial score (nSPS) is 10.5. The van der Waals surface area contributed by atoms with E-state index in [1.54, 1.807) is 18.5 Å². The van der Waals surface area contributed by atoms with Gasteiger partial charge in [0, 0.05) is 12.3 Å². The van der Waals surface area contributed by atoms with Crippen LogP contribution in [0.5, 0.6) is 11.6 Å². The highest BCUT2D eigenvalue weighted by atomic mass is 16.5. The SMILES string of the molecule is NN=Cc1cccc(Oc2ccccn2)c1. The molecule has 0 radical (unpaired) electrons. The van der Waals surface area contributed by atoms with Crippen LogP contribution in [-0.4, -0.2) is 11.2 Å². The van der Waals surface area contributed by atoms with E-state index in [4.69, 9.17) is 10.6 Å². The Labute approximate surface area is 93.4 Å². The monoisotopic (exact) mass is 213 g/mol. The Balaban J connectivity index is 2.19. The molecule has 0 spiro atoms. The minimum atomic E-state index is 0.560. The molecule has 4 heteroatoms. The van der Waals surface area contributed by atoms with Crippen molar-refractivity contribution in [1.82, 2.24) is 4.98 Å². The van der Waals surface area contributed by atoms with E-state index in [-0.39, 0.29) is 0 Å². The molecular formula is C12H11N3O. The summed E-state index contributed by atoms with van der Waals surface area (Å²) in [5.74, 6) is 6.34. The predicted octanol–water partition coefficient (Wildman–Crippen LogP) is 2.17. The maximum absolute atomic E-state index is 5.55. The number of benzene rings is 1. The number of hydrogen-bond acceptors (Lipinski definition) is 4. The first-order chi connectivity index (χ1) is 7.88. The number of hydrazone groups is 1. The van der Waals surface area contributed by atoms with Gasteiger partial charge in [-0.25, -0.2) is 4.98 Å². The molecule has 16 heavy (non-hydrogen) atoms. The second kappa shape index (κ2) is 4.93. The first-order valence-electron chi connectivity index (χ1n) is 4.81. The second-order valence-corrected chi connectivity index (χ2v) is 3.12. The molecule has 0 unspecified atom stereocenters. The average molecular weight is 213 g/mol. The van der Waals surface area contributed by atoms with Crippen molar-refractivity contribution in [3.63, 3.8) is 0 Å². The van der Waals surface area contributed by atoms with Crippen LogP contribution in [0.15, 0.2) is 53.8 Å². The highest BCUT2D eigenvalue weighted by molar-refractivity contribution is 5.79. The lowest BCUT2D eigenvalue weighted by atomic mass is 10.2. The molecule has 0 aliphatic heterocycles. The molecule has 0 aliphatic carbocycles. The molecule has 80 valence electrons. The fraction of sp³-hybridized carbons (Fsp3) is 0. The molecule has 1 aromatic heterocycles. The van der Waals surface area contributed by atoms with Gasteiger partial charge in [0.15, 0.2) is 0 Å². The van der Waals surface area contributed by atoms with Crippen molar-refractivity contribution in [1.29, 1.82) is 0 Å². The van der Waals surface area contributed by atoms with Crippen molar-refractivity contribution >= 4 is 6.21 Å². The number of hydrogen-bond donors (Lipinski definition) is 1. The van der Waals surface area contributed by atoms with E-state index in [0.717, 1.165) is 5.56 Å². The Morgan fingerprint density at radius 2 is 2.12 bits per heavy atom. The van der Waals surface area contributed by atoms with Gasteiger partial charge in [-0.1, -0.05) is 18.2 Å². The average Bonchev–Trinajstić information content (AvgIpc) is 2.31. The quantitative estimate of drug-likeness (QED) is 0.483. The number of nitrogens with zero attached hydrogens (tertiary/aromatic N) is 2. The highest BCUT2D eigenvalue weighted by Gasteiger charge is 1.97. The third-order valence-corrected chi connectivity index (χ3v) is 1.94. The molecular weight excluding hydrogens is 202 g/mol. The Morgan fingerprint density at radius 1 is 1.19 bits per heavy atom. The van der Waals surface area contributed by atoms with E-state index in [1.165, 1.54) is 0 Å². The van der Waals surface area contributed by atoms with E-state index in [0.29, 0.717) is 11.6 Å². The summed E-state index contributed by atoms with van der Waals surface area (Å²) in [6.07, 6.45) is 3.24. The van der Waals surface area contributed by atoms with E-state index in [2.05, 4.69) is 10.1 Å². The van der Waals surface area contributed by atoms with Gasteiger partial charge in [0.2, 0.25) is 5.88 Å². The Morgan fingerprint density at radius 3 is 2.88 bits per heavy atom. The maximum atomic E-state index is 5.55. The molecule has 4 nitrogen and oxygen atoms in total. The van der Waals surface area contributed by atoms with Crippen LogP contribution in [0, 0.1) is 0 Å². The van der Waals surface area contributed by atoms with Crippen LogP contribution >= 0.6 is 0 Å². The van der Waals surface area contributed by atoms with Gasteiger partial charge in [-0.15, -0.1) is 0 Å². The topological polar surface area (TPSA) is 60.5 Å². The summed E-state index contributed by atoms with van der Waals surface area (Å²) in [5, 5.41) is 3.46. The van der Waals surface area contributed by atoms with Crippen LogP contribution in [0.3, 0.4) is 0 Å². The molecule has 1 heterocycles. The number of pyridine rings is 1. The Hall–Kier alpha value is -2.36. The van der Waals surface area contributed by atoms with Gasteiger partial charge in [0.1, 0.15) is 5.75 Å². The fourth-order valence-corrected chi connectivity index (χ4v) is 1.27. The van der Waals surface area contributed by atoms with Crippen molar-refractivity contribution in [3.05, 3.63) is 54.2 Å². The molecule has 0 fully saturated rings. The van der Waals surface area contributed by atoms with Crippen LogP contribution in [0.25, 0.3) is 0 Å². The van der Waals surface area contributed by atoms with Crippen molar-refractivity contribution in [3.8, 4) is 11.6 Å². The van der Waals surface area contributed by atoms with Crippen LogP contribution in [0.4, 0.5) is 0 Å². The summed E-state index contributed by atoms with van der Waals surface area (Å²) in [6.45, 7) is 0. The zero-order valence-corrected chi connectivity index (χ0v) is 8.58. The second-order valence-electron chi connectivity index (χ2n) is 3.12. The molecule has 0 saturated carbocycles. The van der Waals surface area contributed by atoms with Gasteiger partial charge in [-0.05, 0) is 23.8 Å². The molecule has 0 atom stereocenters. The molecule has 1 aromatic carbocycles. The minimum absolute atomic E-state index is 0.560. The smallest absolute Gasteiger partial charge is 0.219 e. The largest absolute Gasteiger partial charge is 0.439 e. The van der Waals surface area contributed by atoms with Gasteiger partial charge in [-0.3, -0.25) is 0 Å². The Bertz CT molecular complexity index is 483. The summed E-state index contributed by atoms with van der Waals surface area (Å²) < 4.78 is 5.55. The van der Waals surface area contributed by atoms with Crippen molar-refractivity contribution in [2.24, 2.45) is 10.9 Å². The maximum Gasteiger partial charge on any atom is 0.219 e. The third-order valence-electron chi connectivity index (χ3n) is 1.94. The van der Waals surface area contributed by atoms with Crippen LogP contribution in [0.2, 0.25) is 0 Å². The molecule has 2 aromatic rings. The number of ether oxygens (including phenoxy) is 1. The van der Waals surface area contributed by atoms with Gasteiger partial charge in [0.05, 0.1) is 6.21 Å². The van der Waals surface area contributed by atoms with Gasteiger partial charge < -0.3 is 10.6 Å². The van der Waals surface area contributed by atoms with Crippen molar-refractivity contribution < 1.29 is 4.74 Å². The minimum Gasteiger partial charge on any atom is -0.439 e. The van der Waals surface area contributed by atoms with E-state index >= 15 is 0 Å². The van der Waals surface area contributed by atoms with Crippen LogP contribution < -0.4 is 10.6 Å². The highest BCUT2D eigenvalue weighted by Crippen LogP contribution is 2.19. The van der Waals surface area contributed by atoms with E-state index in [1.807, 2.05) is 36.4 Å². The molecule has 0 bridgehead atoms. The lowest BCUT2D eigenvalue weighted by molar-refractivity contribution is 0.463. The van der Waals surface area contributed by atoms with Crippen molar-refractivity contribution in [2.45, 2.75) is 0 Å². The molecule has 2 N–H and O–H groups in total. The molecule has 0 aliphatic rings. The summed E-state index contributed by atoms with van der Waals surface area (Å²) in [6, 6.07) is 13.0. The van der Waals surface area contributed by atoms with Gasteiger partial charge in [-0.2, -0.15) is 5.10 Å². The summed E-state index contributed by atoms with van der Waals surface area (Å²) in [4.78, 5) is 4.07. The van der Waals surface area contributed by atoms with E-state index in [9.17, 15) is 0 Å². The summed E-state index contributed by atoms with van der Waals surface area (Å²) >= 11 is 0. The molecule has 0 saturated heterocycles. The van der Waals surface area contributed by atoms with Crippen LogP contribution in [-0.2, 0) is 0 Å². The molecule has 2 rings (SSSR count). The standard InChI is InChI=1S/C12H11N3O/c13-15-9-10-4-3-5-11(8-10)16-12-6-1-2-7-14-12/h1-9H,13H2. The van der Waals surface area contributed by atoms with E-state index < -0.39 is 0 Å². The number of nitrogens with two attached hydrogens (primary N) is 1. The number of rotatable bonds is 3. The number of aromatic nitrogens is 1. The molecule has 0 amide bonds. The predicted molar refractivity (Wildman–Crippen MR) is 62.5 cm³/mol. The summed E-state index contributed by atoms with van der Waals surface area (Å²) in [5.41, 5.74) is 0.885. The summed E-state index contributed by atoms with van der Waals surface area (Å²) in [7, 11) is 0. The fourth-order valence-electron chi connectivity index (χ4n) is 1.27. The lowest BCUT2D eigenvalue weighted by Crippen LogP contribution is -1.89.